The fraction of sp³-hybridized carbons (Fsp3) is 0.250. The molecule has 2 N–H and O–H groups in total. The van der Waals surface area contributed by atoms with Crippen LogP contribution < -0.4 is 0 Å². The molecule has 2 atom stereocenters. The molecule has 20 heavy (non-hydrogen) atoms. The Hall–Kier alpha value is -1.75. The van der Waals surface area contributed by atoms with Crippen molar-refractivity contribution in [1.82, 2.24) is 5.06 Å². The monoisotopic (exact) mass is 275 g/mol. The van der Waals surface area contributed by atoms with Gasteiger partial charge >= 0.3 is 0 Å². The second-order valence-electron chi connectivity index (χ2n) is 4.82. The molecule has 1 unspecified atom stereocenters. The average Bonchev–Trinajstić information content (AvgIpc) is 2.47. The predicted octanol–water partition coefficient (Wildman–Crippen LogP) is 3.14. The Labute approximate surface area is 117 Å². The Bertz CT molecular complexity index is 530. The third kappa shape index (κ3) is 3.63. The number of hydrogen-bond acceptors (Lipinski definition) is 3. The van der Waals surface area contributed by atoms with Crippen molar-refractivity contribution >= 4 is 0 Å². The topological polar surface area (TPSA) is 43.7 Å². The molecule has 0 saturated carbocycles. The summed E-state index contributed by atoms with van der Waals surface area (Å²) in [7, 11) is 0. The van der Waals surface area contributed by atoms with Crippen LogP contribution >= 0.6 is 0 Å². The van der Waals surface area contributed by atoms with Gasteiger partial charge in [0.1, 0.15) is 5.82 Å². The van der Waals surface area contributed by atoms with Gasteiger partial charge in [0.15, 0.2) is 0 Å². The van der Waals surface area contributed by atoms with Crippen LogP contribution in [0, 0.1) is 5.82 Å². The van der Waals surface area contributed by atoms with E-state index in [0.717, 1.165) is 10.6 Å². The van der Waals surface area contributed by atoms with Gasteiger partial charge in [0.25, 0.3) is 0 Å². The third-order valence-electron chi connectivity index (χ3n) is 3.33. The van der Waals surface area contributed by atoms with Gasteiger partial charge in [-0.3, -0.25) is 0 Å². The summed E-state index contributed by atoms with van der Waals surface area (Å²) in [5.41, 5.74) is 1.53. The predicted molar refractivity (Wildman–Crippen MR) is 74.6 cm³/mol. The lowest BCUT2D eigenvalue weighted by Crippen LogP contribution is -2.34. The first-order valence-corrected chi connectivity index (χ1v) is 6.51. The highest BCUT2D eigenvalue weighted by atomic mass is 19.1. The maximum Gasteiger partial charge on any atom is 0.123 e. The highest BCUT2D eigenvalue weighted by Crippen LogP contribution is 2.21. The van der Waals surface area contributed by atoms with Crippen molar-refractivity contribution in [3.8, 4) is 0 Å². The van der Waals surface area contributed by atoms with Crippen LogP contribution in [0.3, 0.4) is 0 Å². The summed E-state index contributed by atoms with van der Waals surface area (Å²) in [5, 5.41) is 21.3. The van der Waals surface area contributed by atoms with Gasteiger partial charge in [0.2, 0.25) is 0 Å². The van der Waals surface area contributed by atoms with E-state index in [4.69, 9.17) is 0 Å². The lowest BCUT2D eigenvalue weighted by molar-refractivity contribution is -0.158. The molecule has 0 amide bonds. The number of hydroxylamine groups is 2. The van der Waals surface area contributed by atoms with Crippen molar-refractivity contribution in [2.75, 3.05) is 0 Å². The molecule has 0 aliphatic heterocycles. The minimum Gasteiger partial charge on any atom is -0.387 e. The zero-order chi connectivity index (χ0) is 14.5. The molecule has 0 heterocycles. The van der Waals surface area contributed by atoms with E-state index in [-0.39, 0.29) is 5.82 Å². The minimum absolute atomic E-state index is 0.320. The molecule has 106 valence electrons. The number of aliphatic hydroxyl groups excluding tert-OH is 1. The van der Waals surface area contributed by atoms with Crippen LogP contribution in [0.5, 0.6) is 0 Å². The Morgan fingerprint density at radius 2 is 1.65 bits per heavy atom. The van der Waals surface area contributed by atoms with E-state index >= 15 is 0 Å². The summed E-state index contributed by atoms with van der Waals surface area (Å²) in [6.45, 7) is 2.04. The van der Waals surface area contributed by atoms with Gasteiger partial charge in [-0.1, -0.05) is 42.5 Å². The van der Waals surface area contributed by atoms with Crippen LogP contribution in [0.15, 0.2) is 54.6 Å². The molecule has 4 heteroatoms. The van der Waals surface area contributed by atoms with Crippen LogP contribution in [0.1, 0.15) is 24.2 Å². The summed E-state index contributed by atoms with van der Waals surface area (Å²) >= 11 is 0. The highest BCUT2D eigenvalue weighted by Gasteiger charge is 2.22. The van der Waals surface area contributed by atoms with Gasteiger partial charge in [-0.2, -0.15) is 5.06 Å². The van der Waals surface area contributed by atoms with E-state index in [0.29, 0.717) is 12.1 Å². The van der Waals surface area contributed by atoms with Gasteiger partial charge in [0.05, 0.1) is 12.1 Å². The maximum atomic E-state index is 12.9. The molecule has 0 aromatic heterocycles. The summed E-state index contributed by atoms with van der Waals surface area (Å²) in [6.07, 6.45) is -0.885. The van der Waals surface area contributed by atoms with E-state index in [1.807, 2.05) is 30.3 Å². The molecule has 0 saturated heterocycles. The van der Waals surface area contributed by atoms with Gasteiger partial charge in [-0.05, 0) is 30.2 Å². The SMILES string of the molecule is CC([C@@H](O)c1ccc(F)cc1)N(O)Cc1ccccc1. The summed E-state index contributed by atoms with van der Waals surface area (Å²) < 4.78 is 12.9. The number of aliphatic hydroxyl groups is 1. The zero-order valence-electron chi connectivity index (χ0n) is 11.3. The lowest BCUT2D eigenvalue weighted by atomic mass is 10.0. The number of halogens is 1. The van der Waals surface area contributed by atoms with Gasteiger partial charge in [-0.15, -0.1) is 0 Å². The molecule has 0 radical (unpaired) electrons. The zero-order valence-corrected chi connectivity index (χ0v) is 11.3. The fourth-order valence-electron chi connectivity index (χ4n) is 2.02. The third-order valence-corrected chi connectivity index (χ3v) is 3.33. The van der Waals surface area contributed by atoms with E-state index in [2.05, 4.69) is 0 Å². The van der Waals surface area contributed by atoms with Crippen LogP contribution in [0.4, 0.5) is 4.39 Å². The Morgan fingerprint density at radius 3 is 2.25 bits per heavy atom. The first-order chi connectivity index (χ1) is 9.58. The highest BCUT2D eigenvalue weighted by molar-refractivity contribution is 5.20. The fourth-order valence-corrected chi connectivity index (χ4v) is 2.02. The van der Waals surface area contributed by atoms with Crippen molar-refractivity contribution < 1.29 is 14.7 Å². The molecule has 2 aromatic rings. The normalized spacial score (nSPS) is 14.2. The molecular formula is C16H18FNO2. The van der Waals surface area contributed by atoms with E-state index in [1.54, 1.807) is 6.92 Å². The number of nitrogens with zero attached hydrogens (tertiary/aromatic N) is 1. The molecular weight excluding hydrogens is 257 g/mol. The van der Waals surface area contributed by atoms with Gasteiger partial charge in [0, 0.05) is 6.54 Å². The van der Waals surface area contributed by atoms with Crippen molar-refractivity contribution in [2.45, 2.75) is 25.6 Å². The number of hydrogen-bond donors (Lipinski definition) is 2. The van der Waals surface area contributed by atoms with E-state index in [1.165, 1.54) is 24.3 Å². The smallest absolute Gasteiger partial charge is 0.123 e. The largest absolute Gasteiger partial charge is 0.387 e. The Balaban J connectivity index is 2.02. The van der Waals surface area contributed by atoms with Crippen LogP contribution in [0.2, 0.25) is 0 Å². The molecule has 0 fully saturated rings. The quantitative estimate of drug-likeness (QED) is 0.824. The number of rotatable bonds is 5. The molecule has 0 aliphatic rings. The van der Waals surface area contributed by atoms with Crippen molar-refractivity contribution in [3.63, 3.8) is 0 Å². The molecule has 0 spiro atoms. The second-order valence-corrected chi connectivity index (χ2v) is 4.82. The van der Waals surface area contributed by atoms with Crippen LogP contribution in [-0.4, -0.2) is 21.4 Å². The van der Waals surface area contributed by atoms with Crippen molar-refractivity contribution in [3.05, 3.63) is 71.5 Å². The van der Waals surface area contributed by atoms with Crippen molar-refractivity contribution in [1.29, 1.82) is 0 Å². The Morgan fingerprint density at radius 1 is 1.05 bits per heavy atom. The first-order valence-electron chi connectivity index (χ1n) is 6.51. The molecule has 3 nitrogen and oxygen atoms in total. The standard InChI is InChI=1S/C16H18FNO2/c1-12(16(19)14-7-9-15(17)10-8-14)18(20)11-13-5-3-2-4-6-13/h2-10,12,16,19-20H,11H2,1H3/t12?,16-/m1/s1. The lowest BCUT2D eigenvalue weighted by Gasteiger charge is -2.27. The van der Waals surface area contributed by atoms with Gasteiger partial charge in [-0.25, -0.2) is 4.39 Å². The Kier molecular flexibility index (Phi) is 4.84. The van der Waals surface area contributed by atoms with Gasteiger partial charge < -0.3 is 10.3 Å². The summed E-state index contributed by atoms with van der Waals surface area (Å²) in [6, 6.07) is 14.6. The first kappa shape index (κ1) is 14.7. The van der Waals surface area contributed by atoms with Crippen molar-refractivity contribution in [2.24, 2.45) is 0 Å². The minimum atomic E-state index is -0.885. The molecule has 0 bridgehead atoms. The van der Waals surface area contributed by atoms with E-state index < -0.39 is 12.1 Å². The van der Waals surface area contributed by atoms with Crippen LogP contribution in [-0.2, 0) is 6.54 Å². The summed E-state index contributed by atoms with van der Waals surface area (Å²) in [5.74, 6) is -0.348. The molecule has 2 aromatic carbocycles. The molecule has 0 aliphatic carbocycles. The average molecular weight is 275 g/mol. The van der Waals surface area contributed by atoms with Crippen LogP contribution in [0.25, 0.3) is 0 Å². The number of benzene rings is 2. The molecule has 2 rings (SSSR count). The van der Waals surface area contributed by atoms with E-state index in [9.17, 15) is 14.7 Å². The summed E-state index contributed by atoms with van der Waals surface area (Å²) in [4.78, 5) is 0. The maximum absolute atomic E-state index is 12.9. The second kappa shape index (κ2) is 6.61.